The molecule has 0 saturated carbocycles. The molecule has 0 spiro atoms. The number of anilines is 1. The van der Waals surface area contributed by atoms with E-state index in [0.29, 0.717) is 15.4 Å². The molecule has 5 rings (SSSR count). The van der Waals surface area contributed by atoms with Crippen molar-refractivity contribution < 1.29 is 9.72 Å². The number of nitrogens with one attached hydrogen (secondary N) is 1. The summed E-state index contributed by atoms with van der Waals surface area (Å²) >= 11 is 2.69. The van der Waals surface area contributed by atoms with Gasteiger partial charge in [-0.3, -0.25) is 24.3 Å². The molecular formula is C24H20N4O4S2. The number of aryl methyl sites for hydroxylation is 3. The lowest BCUT2D eigenvalue weighted by molar-refractivity contribution is -0.383. The Kier molecular flexibility index (Phi) is 5.93. The van der Waals surface area contributed by atoms with Crippen LogP contribution in [0.2, 0.25) is 0 Å². The van der Waals surface area contributed by atoms with Crippen molar-refractivity contribution in [2.75, 3.05) is 11.1 Å². The normalized spacial score (nSPS) is 12.6. The Bertz CT molecular complexity index is 1510. The van der Waals surface area contributed by atoms with E-state index >= 15 is 0 Å². The second-order valence-electron chi connectivity index (χ2n) is 7.97. The first-order chi connectivity index (χ1) is 16.4. The van der Waals surface area contributed by atoms with Gasteiger partial charge in [0.1, 0.15) is 10.5 Å². The Hall–Kier alpha value is -3.50. The quantitative estimate of drug-likeness (QED) is 0.178. The Morgan fingerprint density at radius 2 is 1.97 bits per heavy atom. The molecule has 0 saturated heterocycles. The number of thiophene rings is 1. The number of para-hydroxylation sites is 3. The highest BCUT2D eigenvalue weighted by molar-refractivity contribution is 7.99. The molecule has 4 aromatic rings. The molecule has 0 unspecified atom stereocenters. The maximum atomic E-state index is 13.7. The van der Waals surface area contributed by atoms with Gasteiger partial charge in [-0.2, -0.15) is 0 Å². The van der Waals surface area contributed by atoms with E-state index in [0.717, 1.165) is 47.8 Å². The number of hydrogen-bond acceptors (Lipinski definition) is 7. The largest absolute Gasteiger partial charge is 0.320 e. The van der Waals surface area contributed by atoms with E-state index in [9.17, 15) is 19.7 Å². The summed E-state index contributed by atoms with van der Waals surface area (Å²) in [7, 11) is 0. The molecule has 0 radical (unpaired) electrons. The van der Waals surface area contributed by atoms with Crippen molar-refractivity contribution in [3.8, 4) is 5.69 Å². The third kappa shape index (κ3) is 3.99. The molecule has 1 N–H and O–H groups in total. The lowest BCUT2D eigenvalue weighted by Crippen LogP contribution is -2.23. The fourth-order valence-electron chi connectivity index (χ4n) is 4.20. The molecule has 1 aliphatic carbocycles. The highest BCUT2D eigenvalue weighted by Gasteiger charge is 2.25. The molecule has 0 bridgehead atoms. The van der Waals surface area contributed by atoms with Crippen molar-refractivity contribution >= 4 is 50.6 Å². The second kappa shape index (κ2) is 9.03. The number of carbonyl (C=O) groups is 1. The molecule has 172 valence electrons. The minimum absolute atomic E-state index is 0.0546. The van der Waals surface area contributed by atoms with Gasteiger partial charge in [0.25, 0.3) is 11.2 Å². The number of aromatic nitrogens is 2. The van der Waals surface area contributed by atoms with Crippen LogP contribution >= 0.6 is 23.1 Å². The molecule has 2 aromatic heterocycles. The van der Waals surface area contributed by atoms with E-state index in [-0.39, 0.29) is 22.7 Å². The minimum atomic E-state index is -0.538. The highest BCUT2D eigenvalue weighted by atomic mass is 32.2. The van der Waals surface area contributed by atoms with Gasteiger partial charge >= 0.3 is 0 Å². The maximum Gasteiger partial charge on any atom is 0.292 e. The number of thioether (sulfide) groups is 1. The summed E-state index contributed by atoms with van der Waals surface area (Å²) in [5.74, 6) is -0.473. The number of carbonyl (C=O) groups excluding carboxylic acids is 1. The lowest BCUT2D eigenvalue weighted by atomic mass is 10.2. The number of fused-ring (bicyclic) bond motifs is 3. The first-order valence-corrected chi connectivity index (χ1v) is 12.5. The van der Waals surface area contributed by atoms with Crippen molar-refractivity contribution in [3.63, 3.8) is 0 Å². The molecule has 0 fully saturated rings. The van der Waals surface area contributed by atoms with Crippen LogP contribution in [0.15, 0.2) is 58.5 Å². The van der Waals surface area contributed by atoms with Crippen molar-refractivity contribution in [1.82, 2.24) is 9.55 Å². The number of nitro groups is 1. The summed E-state index contributed by atoms with van der Waals surface area (Å²) in [6.07, 6.45) is 2.88. The third-order valence-corrected chi connectivity index (χ3v) is 7.90. The predicted molar refractivity (Wildman–Crippen MR) is 134 cm³/mol. The summed E-state index contributed by atoms with van der Waals surface area (Å²) in [5, 5.41) is 14.9. The van der Waals surface area contributed by atoms with Gasteiger partial charge in [-0.05, 0) is 49.4 Å². The van der Waals surface area contributed by atoms with Crippen LogP contribution in [0.25, 0.3) is 15.9 Å². The van der Waals surface area contributed by atoms with Gasteiger partial charge in [-0.1, -0.05) is 42.1 Å². The molecule has 0 atom stereocenters. The standard InChI is InChI=1S/C24H20N4O4S2/c1-14-7-2-4-10-17(14)27-23(30)21-15-8-6-12-19(15)34-22(21)26-24(27)33-13-20(29)25-16-9-3-5-11-18(16)28(31)32/h2-5,7,9-11H,6,8,12-13H2,1H3,(H,25,29). The third-order valence-electron chi connectivity index (χ3n) is 5.77. The van der Waals surface area contributed by atoms with Gasteiger partial charge in [-0.25, -0.2) is 4.98 Å². The monoisotopic (exact) mass is 492 g/mol. The summed E-state index contributed by atoms with van der Waals surface area (Å²) < 4.78 is 1.59. The van der Waals surface area contributed by atoms with Gasteiger partial charge in [0.05, 0.1) is 21.7 Å². The number of benzene rings is 2. The molecular weight excluding hydrogens is 472 g/mol. The minimum Gasteiger partial charge on any atom is -0.320 e. The van der Waals surface area contributed by atoms with Gasteiger partial charge in [0.2, 0.25) is 5.91 Å². The van der Waals surface area contributed by atoms with Crippen LogP contribution in [0.1, 0.15) is 22.4 Å². The number of hydrogen-bond donors (Lipinski definition) is 1. The zero-order valence-corrected chi connectivity index (χ0v) is 19.9. The summed E-state index contributed by atoms with van der Waals surface area (Å²) in [5.41, 5.74) is 2.58. The van der Waals surface area contributed by atoms with Crippen LogP contribution in [-0.2, 0) is 17.6 Å². The molecule has 1 aliphatic rings. The average Bonchev–Trinajstić information content (AvgIpc) is 3.40. The van der Waals surface area contributed by atoms with Crippen molar-refractivity contribution in [2.45, 2.75) is 31.3 Å². The van der Waals surface area contributed by atoms with E-state index in [1.165, 1.54) is 17.0 Å². The zero-order valence-electron chi connectivity index (χ0n) is 18.2. The number of amides is 1. The lowest BCUT2D eigenvalue weighted by Gasteiger charge is -2.14. The van der Waals surface area contributed by atoms with E-state index in [2.05, 4.69) is 5.32 Å². The first kappa shape index (κ1) is 22.3. The summed E-state index contributed by atoms with van der Waals surface area (Å²) in [6.45, 7) is 1.93. The summed E-state index contributed by atoms with van der Waals surface area (Å²) in [6, 6.07) is 13.6. The first-order valence-electron chi connectivity index (χ1n) is 10.7. The molecule has 10 heteroatoms. The predicted octanol–water partition coefficient (Wildman–Crippen LogP) is 4.88. The van der Waals surface area contributed by atoms with Crippen LogP contribution < -0.4 is 10.9 Å². The van der Waals surface area contributed by atoms with E-state index in [1.54, 1.807) is 28.0 Å². The van der Waals surface area contributed by atoms with Gasteiger partial charge in [-0.15, -0.1) is 11.3 Å². The van der Waals surface area contributed by atoms with Crippen molar-refractivity contribution in [2.24, 2.45) is 0 Å². The Morgan fingerprint density at radius 3 is 2.76 bits per heavy atom. The van der Waals surface area contributed by atoms with Gasteiger partial charge < -0.3 is 5.32 Å². The molecule has 2 aromatic carbocycles. The van der Waals surface area contributed by atoms with Crippen LogP contribution in [0, 0.1) is 17.0 Å². The number of rotatable bonds is 6. The maximum absolute atomic E-state index is 13.7. The SMILES string of the molecule is Cc1ccccc1-n1c(SCC(=O)Nc2ccccc2[N+](=O)[O-])nc2sc3c(c2c1=O)CCC3. The highest BCUT2D eigenvalue weighted by Crippen LogP contribution is 2.36. The Labute approximate surface area is 202 Å². The van der Waals surface area contributed by atoms with E-state index in [4.69, 9.17) is 4.98 Å². The number of nitro benzene ring substituents is 1. The number of nitrogens with zero attached hydrogens (tertiary/aromatic N) is 3. The topological polar surface area (TPSA) is 107 Å². The van der Waals surface area contributed by atoms with Crippen LogP contribution in [0.4, 0.5) is 11.4 Å². The van der Waals surface area contributed by atoms with Crippen LogP contribution in [0.5, 0.6) is 0 Å². The molecule has 1 amide bonds. The van der Waals surface area contributed by atoms with E-state index < -0.39 is 10.8 Å². The van der Waals surface area contributed by atoms with E-state index in [1.807, 2.05) is 31.2 Å². The zero-order chi connectivity index (χ0) is 23.8. The summed E-state index contributed by atoms with van der Waals surface area (Å²) in [4.78, 5) is 43.8. The van der Waals surface area contributed by atoms with Gasteiger partial charge in [0, 0.05) is 10.9 Å². The second-order valence-corrected chi connectivity index (χ2v) is 10.00. The van der Waals surface area contributed by atoms with Crippen molar-refractivity contribution in [1.29, 1.82) is 0 Å². The molecule has 0 aliphatic heterocycles. The Balaban J connectivity index is 1.51. The average molecular weight is 493 g/mol. The van der Waals surface area contributed by atoms with Crippen LogP contribution in [0.3, 0.4) is 0 Å². The smallest absolute Gasteiger partial charge is 0.292 e. The molecule has 8 nitrogen and oxygen atoms in total. The molecule has 34 heavy (non-hydrogen) atoms. The molecule has 2 heterocycles. The van der Waals surface area contributed by atoms with Crippen molar-refractivity contribution in [3.05, 3.63) is 85.0 Å². The van der Waals surface area contributed by atoms with Gasteiger partial charge in [0.15, 0.2) is 5.16 Å². The fourth-order valence-corrected chi connectivity index (χ4v) is 6.31. The van der Waals surface area contributed by atoms with Crippen LogP contribution in [-0.4, -0.2) is 26.1 Å². The Morgan fingerprint density at radius 1 is 1.21 bits per heavy atom. The fraction of sp³-hybridized carbons (Fsp3) is 0.208.